The molecule has 0 amide bonds. The average molecular weight is 221 g/mol. The van der Waals surface area contributed by atoms with Gasteiger partial charge in [-0.3, -0.25) is 0 Å². The molecule has 0 radical (unpaired) electrons. The van der Waals surface area contributed by atoms with Gasteiger partial charge in [0.15, 0.2) is 0 Å². The van der Waals surface area contributed by atoms with Crippen molar-refractivity contribution < 1.29 is 0 Å². The van der Waals surface area contributed by atoms with Crippen molar-refractivity contribution in [3.63, 3.8) is 0 Å². The summed E-state index contributed by atoms with van der Waals surface area (Å²) in [6, 6.07) is 8.29. The Labute approximate surface area is 96.4 Å². The predicted octanol–water partition coefficient (Wildman–Crippen LogP) is 4.01. The largest absolute Gasteiger partial charge is 0.399 e. The summed E-state index contributed by atoms with van der Waals surface area (Å²) in [4.78, 5) is 0. The average Bonchev–Trinajstić information content (AvgIpc) is 2.70. The molecule has 0 bridgehead atoms. The molecule has 1 unspecified atom stereocenters. The van der Waals surface area contributed by atoms with E-state index in [1.54, 1.807) is 0 Å². The van der Waals surface area contributed by atoms with Gasteiger partial charge in [0.1, 0.15) is 0 Å². The van der Waals surface area contributed by atoms with E-state index in [0.29, 0.717) is 5.25 Å². The van der Waals surface area contributed by atoms with Gasteiger partial charge in [0, 0.05) is 16.2 Å². The first-order valence-corrected chi connectivity index (χ1v) is 6.71. The second kappa shape index (κ2) is 4.93. The third-order valence-corrected chi connectivity index (χ3v) is 4.62. The molecular formula is C13H19NS. The van der Waals surface area contributed by atoms with Crippen LogP contribution in [0.1, 0.15) is 43.4 Å². The van der Waals surface area contributed by atoms with Crippen LogP contribution in [-0.2, 0) is 0 Å². The van der Waals surface area contributed by atoms with Crippen molar-refractivity contribution in [2.75, 3.05) is 5.73 Å². The van der Waals surface area contributed by atoms with Gasteiger partial charge in [-0.05, 0) is 37.5 Å². The minimum absolute atomic E-state index is 0.580. The fourth-order valence-corrected chi connectivity index (χ4v) is 3.69. The molecule has 2 heteroatoms. The fraction of sp³-hybridized carbons (Fsp3) is 0.538. The number of rotatable bonds is 3. The van der Waals surface area contributed by atoms with Crippen LogP contribution in [0.15, 0.2) is 24.3 Å². The van der Waals surface area contributed by atoms with Crippen molar-refractivity contribution in [1.29, 1.82) is 0 Å². The zero-order valence-electron chi connectivity index (χ0n) is 9.28. The van der Waals surface area contributed by atoms with Gasteiger partial charge in [-0.2, -0.15) is 11.8 Å². The maximum absolute atomic E-state index is 5.80. The Hall–Kier alpha value is -0.630. The minimum Gasteiger partial charge on any atom is -0.399 e. The Morgan fingerprint density at radius 1 is 1.33 bits per heavy atom. The van der Waals surface area contributed by atoms with Crippen LogP contribution < -0.4 is 5.73 Å². The molecule has 1 atom stereocenters. The van der Waals surface area contributed by atoms with E-state index < -0.39 is 0 Å². The number of nitrogen functional groups attached to an aromatic ring is 1. The van der Waals surface area contributed by atoms with E-state index in [4.69, 9.17) is 5.73 Å². The number of anilines is 1. The molecule has 0 spiro atoms. The molecule has 1 aromatic carbocycles. The summed E-state index contributed by atoms with van der Waals surface area (Å²) >= 11 is 2.11. The van der Waals surface area contributed by atoms with Crippen LogP contribution in [0.25, 0.3) is 0 Å². The summed E-state index contributed by atoms with van der Waals surface area (Å²) in [6.45, 7) is 2.29. The van der Waals surface area contributed by atoms with Crippen LogP contribution in [0, 0.1) is 0 Å². The van der Waals surface area contributed by atoms with Gasteiger partial charge < -0.3 is 5.73 Å². The van der Waals surface area contributed by atoms with E-state index >= 15 is 0 Å². The fourth-order valence-electron chi connectivity index (χ4n) is 2.20. The first kappa shape index (κ1) is 10.9. The molecule has 0 aliphatic heterocycles. The molecule has 2 rings (SSSR count). The van der Waals surface area contributed by atoms with Gasteiger partial charge in [0.25, 0.3) is 0 Å². The molecule has 1 aromatic rings. The highest BCUT2D eigenvalue weighted by Gasteiger charge is 2.19. The maximum Gasteiger partial charge on any atom is 0.0317 e. The maximum atomic E-state index is 5.80. The Bertz CT molecular complexity index is 318. The molecule has 1 aliphatic rings. The van der Waals surface area contributed by atoms with Crippen molar-refractivity contribution in [1.82, 2.24) is 0 Å². The molecule has 82 valence electrons. The summed E-state index contributed by atoms with van der Waals surface area (Å²) in [7, 11) is 0. The summed E-state index contributed by atoms with van der Waals surface area (Å²) in [6.07, 6.45) is 5.64. The van der Waals surface area contributed by atoms with Crippen LogP contribution in [0.4, 0.5) is 5.69 Å². The van der Waals surface area contributed by atoms with E-state index in [2.05, 4.69) is 36.9 Å². The number of hydrogen-bond acceptors (Lipinski definition) is 2. The summed E-state index contributed by atoms with van der Waals surface area (Å²) < 4.78 is 0. The van der Waals surface area contributed by atoms with Crippen molar-refractivity contribution in [2.45, 2.75) is 43.1 Å². The lowest BCUT2D eigenvalue weighted by atomic mass is 10.1. The molecule has 2 N–H and O–H groups in total. The van der Waals surface area contributed by atoms with E-state index in [1.807, 2.05) is 6.07 Å². The molecule has 1 saturated carbocycles. The Morgan fingerprint density at radius 2 is 2.07 bits per heavy atom. The van der Waals surface area contributed by atoms with Gasteiger partial charge in [0.05, 0.1) is 0 Å². The molecule has 0 aromatic heterocycles. The van der Waals surface area contributed by atoms with Crippen LogP contribution in [-0.4, -0.2) is 5.25 Å². The highest BCUT2D eigenvalue weighted by Crippen LogP contribution is 2.39. The molecule has 1 fully saturated rings. The highest BCUT2D eigenvalue weighted by atomic mass is 32.2. The monoisotopic (exact) mass is 221 g/mol. The second-order valence-corrected chi connectivity index (χ2v) is 6.00. The zero-order valence-corrected chi connectivity index (χ0v) is 10.1. The third kappa shape index (κ3) is 2.91. The number of nitrogens with two attached hydrogens (primary N) is 1. The summed E-state index contributed by atoms with van der Waals surface area (Å²) in [5.74, 6) is 0. The number of benzene rings is 1. The zero-order chi connectivity index (χ0) is 10.7. The predicted molar refractivity (Wildman–Crippen MR) is 69.1 cm³/mol. The first-order chi connectivity index (χ1) is 7.25. The molecule has 0 saturated heterocycles. The lowest BCUT2D eigenvalue weighted by Crippen LogP contribution is -1.99. The normalized spacial score (nSPS) is 19.3. The Kier molecular flexibility index (Phi) is 3.57. The van der Waals surface area contributed by atoms with Crippen LogP contribution in [0.2, 0.25) is 0 Å². The van der Waals surface area contributed by atoms with Crippen molar-refractivity contribution in [3.8, 4) is 0 Å². The highest BCUT2D eigenvalue weighted by molar-refractivity contribution is 8.00. The number of thioether (sulfide) groups is 1. The van der Waals surface area contributed by atoms with Gasteiger partial charge in [-0.1, -0.05) is 25.0 Å². The summed E-state index contributed by atoms with van der Waals surface area (Å²) in [5, 5.41) is 1.46. The topological polar surface area (TPSA) is 26.0 Å². The molecule has 1 aliphatic carbocycles. The lowest BCUT2D eigenvalue weighted by molar-refractivity contribution is 0.886. The van der Waals surface area contributed by atoms with Gasteiger partial charge in [-0.25, -0.2) is 0 Å². The molecule has 1 nitrogen and oxygen atoms in total. The van der Waals surface area contributed by atoms with Gasteiger partial charge >= 0.3 is 0 Å². The van der Waals surface area contributed by atoms with E-state index in [1.165, 1.54) is 31.2 Å². The molecule has 15 heavy (non-hydrogen) atoms. The van der Waals surface area contributed by atoms with Crippen LogP contribution in [0.5, 0.6) is 0 Å². The third-order valence-electron chi connectivity index (χ3n) is 3.08. The van der Waals surface area contributed by atoms with E-state index in [0.717, 1.165) is 10.9 Å². The second-order valence-electron chi connectivity index (χ2n) is 4.35. The first-order valence-electron chi connectivity index (χ1n) is 5.76. The Morgan fingerprint density at radius 3 is 2.73 bits per heavy atom. The van der Waals surface area contributed by atoms with Crippen LogP contribution in [0.3, 0.4) is 0 Å². The lowest BCUT2D eigenvalue weighted by Gasteiger charge is -2.16. The van der Waals surface area contributed by atoms with Gasteiger partial charge in [-0.15, -0.1) is 0 Å². The molecular weight excluding hydrogens is 202 g/mol. The van der Waals surface area contributed by atoms with E-state index in [-0.39, 0.29) is 0 Å². The van der Waals surface area contributed by atoms with Crippen molar-refractivity contribution in [2.24, 2.45) is 0 Å². The SMILES string of the molecule is CC(SC1CCCC1)c1cccc(N)c1. The molecule has 0 heterocycles. The smallest absolute Gasteiger partial charge is 0.0317 e. The van der Waals surface area contributed by atoms with E-state index in [9.17, 15) is 0 Å². The Balaban J connectivity index is 1.97. The quantitative estimate of drug-likeness (QED) is 0.781. The van der Waals surface area contributed by atoms with Crippen molar-refractivity contribution in [3.05, 3.63) is 29.8 Å². The standard InChI is InChI=1S/C13H19NS/c1-10(15-13-7-2-3-8-13)11-5-4-6-12(14)9-11/h4-6,9-10,13H,2-3,7-8,14H2,1H3. The number of hydrogen-bond donors (Lipinski definition) is 1. The van der Waals surface area contributed by atoms with Crippen molar-refractivity contribution >= 4 is 17.4 Å². The summed E-state index contributed by atoms with van der Waals surface area (Å²) in [5.41, 5.74) is 8.04. The van der Waals surface area contributed by atoms with Gasteiger partial charge in [0.2, 0.25) is 0 Å². The minimum atomic E-state index is 0.580. The van der Waals surface area contributed by atoms with Crippen LogP contribution >= 0.6 is 11.8 Å².